The topological polar surface area (TPSA) is 31.7 Å². The fourth-order valence-corrected chi connectivity index (χ4v) is 1.90. The van der Waals surface area contributed by atoms with Gasteiger partial charge in [-0.15, -0.1) is 0 Å². The Balaban J connectivity index is 2.34. The highest BCUT2D eigenvalue weighted by Crippen LogP contribution is 2.12. The smallest absolute Gasteiger partial charge is 0.122 e. The van der Waals surface area contributed by atoms with Gasteiger partial charge in [-0.05, 0) is 53.3 Å². The molecule has 1 rings (SSSR count). The van der Waals surface area contributed by atoms with E-state index in [1.165, 1.54) is 12.0 Å². The van der Waals surface area contributed by atoms with Crippen molar-refractivity contribution in [3.63, 3.8) is 0 Å². The average molecular weight is 253 g/mol. The van der Waals surface area contributed by atoms with Gasteiger partial charge < -0.3 is 14.6 Å². The third-order valence-corrected chi connectivity index (χ3v) is 2.96. The van der Waals surface area contributed by atoms with Gasteiger partial charge in [0.1, 0.15) is 5.76 Å². The van der Waals surface area contributed by atoms with E-state index in [1.54, 1.807) is 6.26 Å². The number of hydrogen-bond acceptors (Lipinski definition) is 4. The van der Waals surface area contributed by atoms with E-state index in [2.05, 4.69) is 49.2 Å². The third-order valence-electron chi connectivity index (χ3n) is 2.96. The van der Waals surface area contributed by atoms with Crippen molar-refractivity contribution in [2.75, 3.05) is 40.8 Å². The van der Waals surface area contributed by atoms with Crippen LogP contribution in [-0.2, 0) is 13.1 Å². The first kappa shape index (κ1) is 15.2. The molecule has 0 bridgehead atoms. The zero-order chi connectivity index (χ0) is 13.4. The number of hydrogen-bond donors (Lipinski definition) is 1. The fourth-order valence-electron chi connectivity index (χ4n) is 1.90. The van der Waals surface area contributed by atoms with Gasteiger partial charge in [-0.2, -0.15) is 0 Å². The summed E-state index contributed by atoms with van der Waals surface area (Å²) in [4.78, 5) is 4.54. The van der Waals surface area contributed by atoms with Gasteiger partial charge in [-0.3, -0.25) is 4.90 Å². The lowest BCUT2D eigenvalue weighted by atomic mass is 10.2. The highest BCUT2D eigenvalue weighted by molar-refractivity contribution is 5.16. The first-order valence-electron chi connectivity index (χ1n) is 6.72. The Bertz CT molecular complexity index is 323. The molecule has 4 heteroatoms. The number of nitrogens with zero attached hydrogens (tertiary/aromatic N) is 2. The van der Waals surface area contributed by atoms with Crippen LogP contribution < -0.4 is 5.32 Å². The van der Waals surface area contributed by atoms with Gasteiger partial charge >= 0.3 is 0 Å². The summed E-state index contributed by atoms with van der Waals surface area (Å²) in [5, 5.41) is 3.34. The van der Waals surface area contributed by atoms with Crippen molar-refractivity contribution in [2.45, 2.75) is 26.4 Å². The van der Waals surface area contributed by atoms with Crippen LogP contribution in [0.15, 0.2) is 16.7 Å². The molecule has 1 aromatic heterocycles. The van der Waals surface area contributed by atoms with E-state index in [1.807, 2.05) is 0 Å². The molecule has 0 saturated carbocycles. The standard InChI is InChI=1S/C14H27N3O/c1-5-15-11-13-7-10-18-14(13)12-17(4)9-6-8-16(2)3/h7,10,15H,5-6,8-9,11-12H2,1-4H3. The second kappa shape index (κ2) is 8.29. The second-order valence-corrected chi connectivity index (χ2v) is 5.04. The largest absolute Gasteiger partial charge is 0.468 e. The van der Waals surface area contributed by atoms with Crippen LogP contribution in [0.5, 0.6) is 0 Å². The summed E-state index contributed by atoms with van der Waals surface area (Å²) >= 11 is 0. The first-order valence-corrected chi connectivity index (χ1v) is 6.72. The Morgan fingerprint density at radius 2 is 2.00 bits per heavy atom. The van der Waals surface area contributed by atoms with Crippen LogP contribution in [0.4, 0.5) is 0 Å². The van der Waals surface area contributed by atoms with Crippen molar-refractivity contribution in [3.8, 4) is 0 Å². The Labute approximate surface area is 111 Å². The monoisotopic (exact) mass is 253 g/mol. The molecule has 1 N–H and O–H groups in total. The number of nitrogens with one attached hydrogen (secondary N) is 1. The van der Waals surface area contributed by atoms with Gasteiger partial charge in [0.25, 0.3) is 0 Å². The lowest BCUT2D eigenvalue weighted by molar-refractivity contribution is 0.272. The molecule has 0 saturated heterocycles. The molecule has 0 aliphatic heterocycles. The molecular weight excluding hydrogens is 226 g/mol. The number of rotatable bonds is 9. The molecule has 1 aromatic rings. The van der Waals surface area contributed by atoms with Crippen molar-refractivity contribution < 1.29 is 4.42 Å². The highest BCUT2D eigenvalue weighted by Gasteiger charge is 2.08. The summed E-state index contributed by atoms with van der Waals surface area (Å²) in [6, 6.07) is 2.06. The molecule has 4 nitrogen and oxygen atoms in total. The third kappa shape index (κ3) is 5.67. The molecule has 0 aliphatic carbocycles. The minimum absolute atomic E-state index is 0.890. The lowest BCUT2D eigenvalue weighted by Crippen LogP contribution is -2.24. The maximum atomic E-state index is 5.57. The molecule has 0 atom stereocenters. The summed E-state index contributed by atoms with van der Waals surface area (Å²) in [5.41, 5.74) is 1.27. The van der Waals surface area contributed by atoms with Crippen molar-refractivity contribution in [3.05, 3.63) is 23.7 Å². The molecule has 0 amide bonds. The van der Waals surface area contributed by atoms with Gasteiger partial charge in [-0.25, -0.2) is 0 Å². The van der Waals surface area contributed by atoms with E-state index in [-0.39, 0.29) is 0 Å². The maximum Gasteiger partial charge on any atom is 0.122 e. The first-order chi connectivity index (χ1) is 8.63. The van der Waals surface area contributed by atoms with Gasteiger partial charge in [-0.1, -0.05) is 6.92 Å². The molecule has 1 heterocycles. The molecule has 18 heavy (non-hydrogen) atoms. The van der Waals surface area contributed by atoms with Crippen LogP contribution in [-0.4, -0.2) is 50.6 Å². The molecule has 0 unspecified atom stereocenters. The van der Waals surface area contributed by atoms with Crippen LogP contribution in [0, 0.1) is 0 Å². The van der Waals surface area contributed by atoms with Gasteiger partial charge in [0.15, 0.2) is 0 Å². The number of furan rings is 1. The van der Waals surface area contributed by atoms with Crippen LogP contribution in [0.1, 0.15) is 24.7 Å². The SMILES string of the molecule is CCNCc1ccoc1CN(C)CCCN(C)C. The van der Waals surface area contributed by atoms with Crippen molar-refractivity contribution in [1.82, 2.24) is 15.1 Å². The van der Waals surface area contributed by atoms with Crippen molar-refractivity contribution in [1.29, 1.82) is 0 Å². The Morgan fingerprint density at radius 1 is 1.22 bits per heavy atom. The maximum absolute atomic E-state index is 5.57. The minimum atomic E-state index is 0.890. The molecular formula is C14H27N3O. The fraction of sp³-hybridized carbons (Fsp3) is 0.714. The van der Waals surface area contributed by atoms with Gasteiger partial charge in [0.2, 0.25) is 0 Å². The van der Waals surface area contributed by atoms with Crippen molar-refractivity contribution in [2.24, 2.45) is 0 Å². The van der Waals surface area contributed by atoms with Crippen LogP contribution in [0.25, 0.3) is 0 Å². The van der Waals surface area contributed by atoms with E-state index >= 15 is 0 Å². The average Bonchev–Trinajstić information content (AvgIpc) is 2.73. The predicted molar refractivity (Wildman–Crippen MR) is 75.6 cm³/mol. The molecule has 0 fully saturated rings. The zero-order valence-corrected chi connectivity index (χ0v) is 12.2. The Morgan fingerprint density at radius 3 is 2.67 bits per heavy atom. The minimum Gasteiger partial charge on any atom is -0.468 e. The van der Waals surface area contributed by atoms with Crippen LogP contribution in [0.2, 0.25) is 0 Å². The lowest BCUT2D eigenvalue weighted by Gasteiger charge is -2.17. The van der Waals surface area contributed by atoms with E-state index in [0.717, 1.165) is 38.5 Å². The van der Waals surface area contributed by atoms with Crippen molar-refractivity contribution >= 4 is 0 Å². The van der Waals surface area contributed by atoms with E-state index in [9.17, 15) is 0 Å². The van der Waals surface area contributed by atoms with E-state index in [0.29, 0.717) is 0 Å². The summed E-state index contributed by atoms with van der Waals surface area (Å²) in [6.45, 7) is 7.12. The Kier molecular flexibility index (Phi) is 7.01. The Hall–Kier alpha value is -0.840. The van der Waals surface area contributed by atoms with Gasteiger partial charge in [0, 0.05) is 12.1 Å². The molecule has 104 valence electrons. The molecule has 0 aliphatic rings. The highest BCUT2D eigenvalue weighted by atomic mass is 16.3. The zero-order valence-electron chi connectivity index (χ0n) is 12.2. The second-order valence-electron chi connectivity index (χ2n) is 5.04. The predicted octanol–water partition coefficient (Wildman–Crippen LogP) is 1.77. The van der Waals surface area contributed by atoms with Crippen LogP contribution >= 0.6 is 0 Å². The summed E-state index contributed by atoms with van der Waals surface area (Å²) in [6.07, 6.45) is 2.97. The molecule has 0 aromatic carbocycles. The quantitative estimate of drug-likeness (QED) is 0.727. The molecule has 0 radical (unpaired) electrons. The summed E-state index contributed by atoms with van der Waals surface area (Å²) < 4.78 is 5.57. The summed E-state index contributed by atoms with van der Waals surface area (Å²) in [7, 11) is 6.37. The summed E-state index contributed by atoms with van der Waals surface area (Å²) in [5.74, 6) is 1.09. The van der Waals surface area contributed by atoms with E-state index < -0.39 is 0 Å². The van der Waals surface area contributed by atoms with Crippen LogP contribution in [0.3, 0.4) is 0 Å². The van der Waals surface area contributed by atoms with Gasteiger partial charge in [0.05, 0.1) is 12.8 Å². The molecule has 0 spiro atoms. The normalized spacial score (nSPS) is 11.7. The van der Waals surface area contributed by atoms with E-state index in [4.69, 9.17) is 4.42 Å².